The molecule has 0 spiro atoms. The molecule has 1 aromatic heterocycles. The van der Waals surface area contributed by atoms with Gasteiger partial charge in [-0.3, -0.25) is 4.79 Å². The van der Waals surface area contributed by atoms with Crippen LogP contribution in [0.25, 0.3) is 10.9 Å². The number of carbonyl (C=O) groups is 3. The summed E-state index contributed by atoms with van der Waals surface area (Å²) in [5.74, 6) is -1.24. The second-order valence-electron chi connectivity index (χ2n) is 7.59. The van der Waals surface area contributed by atoms with Crippen LogP contribution in [0.15, 0.2) is 42.5 Å². The number of fused-ring (bicyclic) bond motifs is 5. The number of ether oxygens (including phenoxy) is 1. The molecule has 1 N–H and O–H groups in total. The van der Waals surface area contributed by atoms with Gasteiger partial charge in [0.15, 0.2) is 5.54 Å². The van der Waals surface area contributed by atoms with E-state index in [9.17, 15) is 19.5 Å². The maximum atomic E-state index is 13.6. The van der Waals surface area contributed by atoms with Crippen molar-refractivity contribution in [1.82, 2.24) is 9.88 Å². The second kappa shape index (κ2) is 6.09. The molecule has 152 valence electrons. The first kappa shape index (κ1) is 18.2. The van der Waals surface area contributed by atoms with E-state index >= 15 is 0 Å². The van der Waals surface area contributed by atoms with Crippen molar-refractivity contribution in [3.05, 3.63) is 59.3 Å². The summed E-state index contributed by atoms with van der Waals surface area (Å²) >= 11 is 0. The number of carboxylic acid groups (broad SMARTS) is 1. The van der Waals surface area contributed by atoms with Crippen molar-refractivity contribution in [3.63, 3.8) is 0 Å². The summed E-state index contributed by atoms with van der Waals surface area (Å²) in [4.78, 5) is 44.2. The molecule has 3 heterocycles. The lowest BCUT2D eigenvalue weighted by Crippen LogP contribution is -2.49. The largest absolute Gasteiger partial charge is 0.545 e. The highest BCUT2D eigenvalue weighted by Gasteiger charge is 2.59. The number of carboxylic acids is 1. The molecule has 30 heavy (non-hydrogen) atoms. The van der Waals surface area contributed by atoms with Gasteiger partial charge in [-0.05, 0) is 43.2 Å². The average Bonchev–Trinajstić information content (AvgIpc) is 3.21. The molecule has 1 atom stereocenters. The number of aromatic carboxylic acids is 1. The number of amides is 3. The minimum atomic E-state index is -1.44. The van der Waals surface area contributed by atoms with Crippen molar-refractivity contribution in [3.8, 4) is 5.75 Å². The lowest BCUT2D eigenvalue weighted by atomic mass is 9.87. The average molecular weight is 404 g/mol. The van der Waals surface area contributed by atoms with Gasteiger partial charge in [0.2, 0.25) is 0 Å². The van der Waals surface area contributed by atoms with Crippen LogP contribution in [0.5, 0.6) is 5.75 Å². The number of benzene rings is 2. The zero-order valence-electron chi connectivity index (χ0n) is 16.4. The lowest BCUT2D eigenvalue weighted by molar-refractivity contribution is -0.254. The Morgan fingerprint density at radius 1 is 1.20 bits per heavy atom. The zero-order chi connectivity index (χ0) is 21.2. The van der Waals surface area contributed by atoms with Crippen LogP contribution in [-0.4, -0.2) is 41.4 Å². The number of urea groups is 1. The van der Waals surface area contributed by atoms with Crippen molar-refractivity contribution in [1.29, 1.82) is 0 Å². The molecule has 5 rings (SSSR count). The third-order valence-electron chi connectivity index (χ3n) is 6.13. The van der Waals surface area contributed by atoms with E-state index in [0.29, 0.717) is 24.4 Å². The van der Waals surface area contributed by atoms with Crippen molar-refractivity contribution in [2.45, 2.75) is 18.9 Å². The number of hydrogen-bond acceptors (Lipinski definition) is 5. The Bertz CT molecular complexity index is 1250. The fourth-order valence-electron chi connectivity index (χ4n) is 4.60. The Hall–Kier alpha value is -3.81. The van der Waals surface area contributed by atoms with Gasteiger partial charge in [-0.25, -0.2) is 9.69 Å². The minimum Gasteiger partial charge on any atom is -0.545 e. The molecule has 0 aliphatic carbocycles. The molecule has 3 aromatic rings. The Morgan fingerprint density at radius 2 is 1.97 bits per heavy atom. The number of carbonyl (C=O) groups excluding carboxylic acids is 3. The summed E-state index contributed by atoms with van der Waals surface area (Å²) < 4.78 is 5.33. The van der Waals surface area contributed by atoms with Crippen LogP contribution in [0.4, 0.5) is 10.5 Å². The number of para-hydroxylation sites is 1. The Morgan fingerprint density at radius 3 is 2.70 bits per heavy atom. The van der Waals surface area contributed by atoms with Crippen LogP contribution < -0.4 is 14.7 Å². The quantitative estimate of drug-likeness (QED) is 0.670. The molecule has 8 nitrogen and oxygen atoms in total. The second-order valence-corrected chi connectivity index (χ2v) is 7.59. The van der Waals surface area contributed by atoms with Crippen LogP contribution in [-0.2, 0) is 16.8 Å². The van der Waals surface area contributed by atoms with Gasteiger partial charge in [0.1, 0.15) is 5.75 Å². The summed E-state index contributed by atoms with van der Waals surface area (Å²) in [6.07, 6.45) is 0.563. The molecule has 0 radical (unpaired) electrons. The maximum absolute atomic E-state index is 13.6. The number of H-pyrrole nitrogens is 1. The number of nitrogens with zero attached hydrogens (tertiary/aromatic N) is 2. The number of nitrogens with one attached hydrogen (secondary N) is 1. The first-order chi connectivity index (χ1) is 14.4. The SMILES string of the molecule is COc1ccc2[nH]c3c(c2c1)CCN1C(=O)N(c2ccccc2C(=O)[O-])C(=O)[C@]31C. The molecule has 0 saturated carbocycles. The summed E-state index contributed by atoms with van der Waals surface area (Å²) in [5, 5.41) is 12.5. The number of methoxy groups -OCH3 is 1. The smallest absolute Gasteiger partial charge is 0.332 e. The van der Waals surface area contributed by atoms with E-state index in [1.54, 1.807) is 20.1 Å². The van der Waals surface area contributed by atoms with Gasteiger partial charge in [-0.15, -0.1) is 0 Å². The number of aromatic nitrogens is 1. The van der Waals surface area contributed by atoms with E-state index in [0.717, 1.165) is 21.4 Å². The van der Waals surface area contributed by atoms with Gasteiger partial charge in [0, 0.05) is 23.0 Å². The lowest BCUT2D eigenvalue weighted by Gasteiger charge is -2.35. The van der Waals surface area contributed by atoms with Crippen LogP contribution in [0.1, 0.15) is 28.5 Å². The summed E-state index contributed by atoms with van der Waals surface area (Å²) in [5.41, 5.74) is 0.989. The Labute approximate surface area is 171 Å². The van der Waals surface area contributed by atoms with E-state index in [2.05, 4.69) is 4.98 Å². The number of rotatable bonds is 3. The number of hydrogen-bond donors (Lipinski definition) is 1. The predicted octanol–water partition coefficient (Wildman–Crippen LogP) is 1.78. The molecule has 2 aliphatic rings. The molecule has 2 aliphatic heterocycles. The number of aromatic amines is 1. The molecule has 1 saturated heterocycles. The summed E-state index contributed by atoms with van der Waals surface area (Å²) in [6, 6.07) is 11.0. The third kappa shape index (κ3) is 2.18. The molecule has 0 bridgehead atoms. The third-order valence-corrected chi connectivity index (χ3v) is 6.13. The first-order valence-corrected chi connectivity index (χ1v) is 9.53. The van der Waals surface area contributed by atoms with Crippen molar-refractivity contribution < 1.29 is 24.2 Å². The molecular formula is C22H18N3O5-. The van der Waals surface area contributed by atoms with E-state index in [1.165, 1.54) is 23.1 Å². The molecular weight excluding hydrogens is 386 g/mol. The number of anilines is 1. The van der Waals surface area contributed by atoms with Crippen molar-refractivity contribution in [2.24, 2.45) is 0 Å². The highest BCUT2D eigenvalue weighted by molar-refractivity contribution is 6.25. The van der Waals surface area contributed by atoms with Gasteiger partial charge >= 0.3 is 6.03 Å². The molecule has 8 heteroatoms. The highest BCUT2D eigenvalue weighted by Crippen LogP contribution is 2.46. The van der Waals surface area contributed by atoms with E-state index in [-0.39, 0.29) is 11.3 Å². The normalized spacial score (nSPS) is 20.5. The predicted molar refractivity (Wildman–Crippen MR) is 106 cm³/mol. The molecule has 0 unspecified atom stereocenters. The monoisotopic (exact) mass is 404 g/mol. The Kier molecular flexibility index (Phi) is 3.70. The van der Waals surface area contributed by atoms with E-state index in [1.807, 2.05) is 18.2 Å². The molecule has 1 fully saturated rings. The van der Waals surface area contributed by atoms with Crippen molar-refractivity contribution >= 4 is 34.5 Å². The van der Waals surface area contributed by atoms with Gasteiger partial charge in [-0.1, -0.05) is 18.2 Å². The standard InChI is InChI=1S/C22H19N3O5/c1-22-18-13(15-11-12(30-2)7-8-16(15)23-18)9-10-24(22)21(29)25(20(22)28)17-6-4-3-5-14(17)19(26)27/h3-8,11,23H,9-10H2,1-2H3,(H,26,27)/p-1/t22-/m0/s1. The Balaban J connectivity index is 1.69. The zero-order valence-corrected chi connectivity index (χ0v) is 16.4. The summed E-state index contributed by atoms with van der Waals surface area (Å²) in [7, 11) is 1.59. The van der Waals surface area contributed by atoms with Gasteiger partial charge in [-0.2, -0.15) is 0 Å². The summed E-state index contributed by atoms with van der Waals surface area (Å²) in [6.45, 7) is 2.03. The van der Waals surface area contributed by atoms with Crippen LogP contribution in [0.2, 0.25) is 0 Å². The van der Waals surface area contributed by atoms with Gasteiger partial charge in [0.05, 0.1) is 24.5 Å². The van der Waals surface area contributed by atoms with E-state index in [4.69, 9.17) is 4.74 Å². The molecule has 3 amide bonds. The van der Waals surface area contributed by atoms with E-state index < -0.39 is 23.4 Å². The molecule has 2 aromatic carbocycles. The minimum absolute atomic E-state index is 0.0162. The van der Waals surface area contributed by atoms with Crippen molar-refractivity contribution in [2.75, 3.05) is 18.6 Å². The fourth-order valence-corrected chi connectivity index (χ4v) is 4.60. The highest BCUT2D eigenvalue weighted by atomic mass is 16.5. The topological polar surface area (TPSA) is 106 Å². The number of imide groups is 1. The van der Waals surface area contributed by atoms with Crippen LogP contribution in [0.3, 0.4) is 0 Å². The maximum Gasteiger partial charge on any atom is 0.332 e. The first-order valence-electron chi connectivity index (χ1n) is 9.53. The van der Waals surface area contributed by atoms with Gasteiger partial charge in [0.25, 0.3) is 5.91 Å². The van der Waals surface area contributed by atoms with Crippen LogP contribution in [0, 0.1) is 0 Å². The van der Waals surface area contributed by atoms with Gasteiger partial charge < -0.3 is 24.5 Å². The van der Waals surface area contributed by atoms with Crippen LogP contribution >= 0.6 is 0 Å². The fraction of sp³-hybridized carbons (Fsp3) is 0.227.